The summed E-state index contributed by atoms with van der Waals surface area (Å²) in [6.07, 6.45) is 7.59. The highest BCUT2D eigenvalue weighted by molar-refractivity contribution is 5.86. The number of likely N-dealkylation sites (tertiary alicyclic amines) is 1. The fourth-order valence-electron chi connectivity index (χ4n) is 3.19. The third-order valence-corrected chi connectivity index (χ3v) is 4.24. The highest BCUT2D eigenvalue weighted by Gasteiger charge is 2.47. The summed E-state index contributed by atoms with van der Waals surface area (Å²) in [7, 11) is 0. The lowest BCUT2D eigenvalue weighted by molar-refractivity contribution is -0.155. The molecule has 92 valence electrons. The molecule has 0 aromatic carbocycles. The van der Waals surface area contributed by atoms with E-state index in [0.29, 0.717) is 12.5 Å². The quantitative estimate of drug-likeness (QED) is 0.733. The standard InChI is InChI=1S/C13H17NO3/c15-12-11-8(2-1-3-10(11)13(16)17)6-7-14(12)9-4-5-9/h1-2,8-11H,3-7H2,(H,16,17)/t8-,10-,11-/m0/s1. The molecule has 0 spiro atoms. The zero-order valence-electron chi connectivity index (χ0n) is 9.71. The van der Waals surface area contributed by atoms with Crippen molar-refractivity contribution in [3.63, 3.8) is 0 Å². The van der Waals surface area contributed by atoms with Crippen LogP contribution in [0.3, 0.4) is 0 Å². The van der Waals surface area contributed by atoms with E-state index in [2.05, 4.69) is 0 Å². The fourth-order valence-corrected chi connectivity index (χ4v) is 3.19. The van der Waals surface area contributed by atoms with Gasteiger partial charge in [-0.1, -0.05) is 12.2 Å². The molecule has 17 heavy (non-hydrogen) atoms. The maximum Gasteiger partial charge on any atom is 0.307 e. The number of rotatable bonds is 2. The third-order valence-electron chi connectivity index (χ3n) is 4.24. The van der Waals surface area contributed by atoms with E-state index >= 15 is 0 Å². The van der Waals surface area contributed by atoms with Crippen LogP contribution in [-0.2, 0) is 9.59 Å². The van der Waals surface area contributed by atoms with Gasteiger partial charge in [-0.05, 0) is 31.6 Å². The van der Waals surface area contributed by atoms with Crippen LogP contribution in [-0.4, -0.2) is 34.5 Å². The number of amides is 1. The first-order chi connectivity index (χ1) is 8.18. The number of nitrogens with zero attached hydrogens (tertiary/aromatic N) is 1. The van der Waals surface area contributed by atoms with Crippen LogP contribution < -0.4 is 0 Å². The maximum absolute atomic E-state index is 12.4. The van der Waals surface area contributed by atoms with Gasteiger partial charge in [0.2, 0.25) is 5.91 Å². The second-order valence-electron chi connectivity index (χ2n) is 5.35. The molecule has 1 heterocycles. The van der Waals surface area contributed by atoms with Gasteiger partial charge in [-0.3, -0.25) is 9.59 Å². The zero-order valence-corrected chi connectivity index (χ0v) is 9.71. The molecule has 0 aromatic heterocycles. The largest absolute Gasteiger partial charge is 0.481 e. The van der Waals surface area contributed by atoms with Crippen molar-refractivity contribution in [2.24, 2.45) is 17.8 Å². The van der Waals surface area contributed by atoms with Crippen molar-refractivity contribution in [1.29, 1.82) is 0 Å². The van der Waals surface area contributed by atoms with Gasteiger partial charge in [-0.15, -0.1) is 0 Å². The summed E-state index contributed by atoms with van der Waals surface area (Å²) < 4.78 is 0. The summed E-state index contributed by atoms with van der Waals surface area (Å²) >= 11 is 0. The van der Waals surface area contributed by atoms with E-state index in [1.807, 2.05) is 17.1 Å². The van der Waals surface area contributed by atoms with Gasteiger partial charge in [0.25, 0.3) is 0 Å². The van der Waals surface area contributed by atoms with Crippen LogP contribution >= 0.6 is 0 Å². The Labute approximate surface area is 100 Å². The summed E-state index contributed by atoms with van der Waals surface area (Å²) in [5.41, 5.74) is 0. The van der Waals surface area contributed by atoms with Crippen molar-refractivity contribution < 1.29 is 14.7 Å². The number of hydrogen-bond acceptors (Lipinski definition) is 2. The average Bonchev–Trinajstić information content (AvgIpc) is 3.13. The summed E-state index contributed by atoms with van der Waals surface area (Å²) in [4.78, 5) is 25.6. The van der Waals surface area contributed by atoms with Gasteiger partial charge < -0.3 is 10.0 Å². The number of piperidine rings is 1. The first-order valence-corrected chi connectivity index (χ1v) is 6.38. The van der Waals surface area contributed by atoms with E-state index in [-0.39, 0.29) is 17.7 Å². The molecule has 0 aromatic rings. The topological polar surface area (TPSA) is 57.6 Å². The van der Waals surface area contributed by atoms with Crippen LogP contribution in [0, 0.1) is 17.8 Å². The van der Waals surface area contributed by atoms with Crippen LogP contribution in [0.25, 0.3) is 0 Å². The Bertz CT molecular complexity index is 386. The fraction of sp³-hybridized carbons (Fsp3) is 0.692. The minimum Gasteiger partial charge on any atom is -0.481 e. The number of aliphatic carboxylic acids is 1. The van der Waals surface area contributed by atoms with Gasteiger partial charge in [-0.2, -0.15) is 0 Å². The molecule has 2 aliphatic carbocycles. The molecule has 3 atom stereocenters. The van der Waals surface area contributed by atoms with Crippen molar-refractivity contribution in [2.45, 2.75) is 31.7 Å². The molecule has 0 radical (unpaired) electrons. The van der Waals surface area contributed by atoms with E-state index in [1.54, 1.807) is 0 Å². The number of carbonyl (C=O) groups excluding carboxylic acids is 1. The Morgan fingerprint density at radius 1 is 1.35 bits per heavy atom. The third kappa shape index (κ3) is 1.75. The highest BCUT2D eigenvalue weighted by Crippen LogP contribution is 2.40. The van der Waals surface area contributed by atoms with Gasteiger partial charge >= 0.3 is 5.97 Å². The molecule has 0 unspecified atom stereocenters. The zero-order chi connectivity index (χ0) is 12.0. The monoisotopic (exact) mass is 235 g/mol. The number of fused-ring (bicyclic) bond motifs is 1. The molecule has 1 aliphatic heterocycles. The number of allylic oxidation sites excluding steroid dienone is 2. The van der Waals surface area contributed by atoms with E-state index in [1.165, 1.54) is 0 Å². The van der Waals surface area contributed by atoms with Gasteiger partial charge in [0.1, 0.15) is 0 Å². The van der Waals surface area contributed by atoms with Crippen LogP contribution in [0.1, 0.15) is 25.7 Å². The molecule has 4 nitrogen and oxygen atoms in total. The maximum atomic E-state index is 12.4. The molecule has 3 rings (SSSR count). The van der Waals surface area contributed by atoms with Gasteiger partial charge in [0, 0.05) is 12.6 Å². The minimum absolute atomic E-state index is 0.0838. The predicted molar refractivity (Wildman–Crippen MR) is 61.2 cm³/mol. The number of carboxylic acid groups (broad SMARTS) is 1. The Hall–Kier alpha value is -1.32. The SMILES string of the molecule is O=C(O)[C@H]1CC=C[C@H]2CCN(C3CC3)C(=O)[C@H]12. The average molecular weight is 235 g/mol. The van der Waals surface area contributed by atoms with E-state index in [9.17, 15) is 14.7 Å². The van der Waals surface area contributed by atoms with E-state index < -0.39 is 11.9 Å². The molecular weight excluding hydrogens is 218 g/mol. The number of carbonyl (C=O) groups is 2. The van der Waals surface area contributed by atoms with Crippen LogP contribution in [0.5, 0.6) is 0 Å². The summed E-state index contributed by atoms with van der Waals surface area (Å²) in [5.74, 6) is -1.42. The van der Waals surface area contributed by atoms with Crippen LogP contribution in [0.4, 0.5) is 0 Å². The number of hydrogen-bond donors (Lipinski definition) is 1. The Morgan fingerprint density at radius 3 is 2.76 bits per heavy atom. The molecular formula is C13H17NO3. The van der Waals surface area contributed by atoms with Crippen molar-refractivity contribution in [2.75, 3.05) is 6.54 Å². The molecule has 3 aliphatic rings. The molecule has 4 heteroatoms. The van der Waals surface area contributed by atoms with Gasteiger partial charge in [0.05, 0.1) is 11.8 Å². The second-order valence-corrected chi connectivity index (χ2v) is 5.35. The Morgan fingerprint density at radius 2 is 2.12 bits per heavy atom. The van der Waals surface area contributed by atoms with Crippen molar-refractivity contribution in [3.8, 4) is 0 Å². The lowest BCUT2D eigenvalue weighted by Crippen LogP contribution is -2.51. The van der Waals surface area contributed by atoms with Crippen molar-refractivity contribution in [3.05, 3.63) is 12.2 Å². The van der Waals surface area contributed by atoms with Gasteiger partial charge in [0.15, 0.2) is 0 Å². The van der Waals surface area contributed by atoms with Crippen molar-refractivity contribution >= 4 is 11.9 Å². The predicted octanol–water partition coefficient (Wildman–Crippen LogP) is 1.27. The molecule has 0 bridgehead atoms. The first-order valence-electron chi connectivity index (χ1n) is 6.38. The summed E-state index contributed by atoms with van der Waals surface area (Å²) in [6, 6.07) is 0.406. The first kappa shape index (κ1) is 10.8. The minimum atomic E-state index is -0.824. The van der Waals surface area contributed by atoms with E-state index in [0.717, 1.165) is 25.8 Å². The smallest absolute Gasteiger partial charge is 0.307 e. The molecule has 1 saturated carbocycles. The van der Waals surface area contributed by atoms with Crippen LogP contribution in [0.2, 0.25) is 0 Å². The lowest BCUT2D eigenvalue weighted by Gasteiger charge is -2.41. The second kappa shape index (κ2) is 3.86. The summed E-state index contributed by atoms with van der Waals surface area (Å²) in [6.45, 7) is 0.807. The van der Waals surface area contributed by atoms with Crippen molar-refractivity contribution in [1.82, 2.24) is 4.90 Å². The highest BCUT2D eigenvalue weighted by atomic mass is 16.4. The lowest BCUT2D eigenvalue weighted by atomic mass is 9.71. The normalized spacial score (nSPS) is 36.8. The summed E-state index contributed by atoms with van der Waals surface area (Å²) in [5, 5.41) is 9.23. The molecule has 1 amide bonds. The van der Waals surface area contributed by atoms with E-state index in [4.69, 9.17) is 0 Å². The molecule has 2 fully saturated rings. The Balaban J connectivity index is 1.86. The Kier molecular flexibility index (Phi) is 2.45. The number of carboxylic acids is 1. The van der Waals surface area contributed by atoms with Gasteiger partial charge in [-0.25, -0.2) is 0 Å². The molecule has 1 N–H and O–H groups in total. The van der Waals surface area contributed by atoms with Crippen LogP contribution in [0.15, 0.2) is 12.2 Å². The molecule has 1 saturated heterocycles.